The van der Waals surface area contributed by atoms with Crippen LogP contribution < -0.4 is 10.6 Å². The summed E-state index contributed by atoms with van der Waals surface area (Å²) < 4.78 is 4.93. The fraction of sp³-hybridized carbons (Fsp3) is 0.727. The Kier molecular flexibility index (Phi) is 4.86. The molecule has 0 saturated carbocycles. The van der Waals surface area contributed by atoms with Crippen LogP contribution in [0.1, 0.15) is 27.2 Å². The Hall–Kier alpha value is -1.17. The predicted molar refractivity (Wildman–Crippen MR) is 67.5 cm³/mol. The van der Waals surface area contributed by atoms with Crippen molar-refractivity contribution in [3.05, 3.63) is 0 Å². The molecule has 6 heteroatoms. The van der Waals surface area contributed by atoms with E-state index < -0.39 is 11.9 Å². The van der Waals surface area contributed by atoms with E-state index in [1.54, 1.807) is 6.92 Å². The van der Waals surface area contributed by atoms with Gasteiger partial charge in [-0.2, -0.15) is 0 Å². The monoisotopic (exact) mass is 258 g/mol. The number of rotatable bonds is 4. The third kappa shape index (κ3) is 3.66. The smallest absolute Gasteiger partial charge is 0.318 e. The van der Waals surface area contributed by atoms with Crippen LogP contribution >= 0.6 is 12.2 Å². The maximum atomic E-state index is 11.8. The van der Waals surface area contributed by atoms with Crippen molar-refractivity contribution in [1.82, 2.24) is 10.6 Å². The normalized spacial score (nSPS) is 25.5. The van der Waals surface area contributed by atoms with Crippen molar-refractivity contribution in [2.75, 3.05) is 6.61 Å². The SMILES string of the molecule is CCOC(=O)[C@H](C(C)=O)[C@@H]1C[C@H](C)NC(=S)N1. The average molecular weight is 258 g/mol. The van der Waals surface area contributed by atoms with Crippen molar-refractivity contribution in [1.29, 1.82) is 0 Å². The van der Waals surface area contributed by atoms with Crippen LogP contribution in [0.5, 0.6) is 0 Å². The lowest BCUT2D eigenvalue weighted by Crippen LogP contribution is -2.58. The minimum absolute atomic E-state index is 0.144. The lowest BCUT2D eigenvalue weighted by molar-refractivity contribution is -0.152. The summed E-state index contributed by atoms with van der Waals surface area (Å²) in [6, 6.07) is -0.139. The van der Waals surface area contributed by atoms with Gasteiger partial charge in [0.15, 0.2) is 5.11 Å². The molecule has 3 atom stereocenters. The van der Waals surface area contributed by atoms with E-state index in [2.05, 4.69) is 10.6 Å². The minimum Gasteiger partial charge on any atom is -0.465 e. The fourth-order valence-electron chi connectivity index (χ4n) is 2.00. The van der Waals surface area contributed by atoms with Crippen LogP contribution in [-0.4, -0.2) is 35.6 Å². The number of hydrogen-bond acceptors (Lipinski definition) is 4. The molecular formula is C11H18N2O3S. The van der Waals surface area contributed by atoms with E-state index in [0.717, 1.165) is 0 Å². The van der Waals surface area contributed by atoms with Gasteiger partial charge in [-0.25, -0.2) is 0 Å². The second-order valence-electron chi connectivity index (χ2n) is 4.20. The third-order valence-corrected chi connectivity index (χ3v) is 2.92. The summed E-state index contributed by atoms with van der Waals surface area (Å²) in [6.07, 6.45) is 0.656. The van der Waals surface area contributed by atoms with Crippen LogP contribution in [0.3, 0.4) is 0 Å². The zero-order valence-electron chi connectivity index (χ0n) is 10.3. The van der Waals surface area contributed by atoms with Crippen LogP contribution in [0.25, 0.3) is 0 Å². The number of thiocarbonyl (C=S) groups is 1. The summed E-state index contributed by atoms with van der Waals surface area (Å²) in [4.78, 5) is 23.3. The molecule has 1 aliphatic heterocycles. The van der Waals surface area contributed by atoms with Gasteiger partial charge in [-0.1, -0.05) is 0 Å². The van der Waals surface area contributed by atoms with Gasteiger partial charge in [0.05, 0.1) is 12.6 Å². The van der Waals surface area contributed by atoms with Crippen molar-refractivity contribution in [3.63, 3.8) is 0 Å². The van der Waals surface area contributed by atoms with Crippen molar-refractivity contribution in [2.24, 2.45) is 5.92 Å². The molecule has 5 nitrogen and oxygen atoms in total. The Morgan fingerprint density at radius 2 is 2.18 bits per heavy atom. The number of carbonyl (C=O) groups excluding carboxylic acids is 2. The van der Waals surface area contributed by atoms with Crippen molar-refractivity contribution >= 4 is 29.1 Å². The largest absolute Gasteiger partial charge is 0.465 e. The first-order valence-electron chi connectivity index (χ1n) is 5.69. The van der Waals surface area contributed by atoms with Gasteiger partial charge in [0, 0.05) is 6.04 Å². The highest BCUT2D eigenvalue weighted by atomic mass is 32.1. The molecule has 0 aromatic rings. The van der Waals surface area contributed by atoms with Gasteiger partial charge in [-0.3, -0.25) is 9.59 Å². The summed E-state index contributed by atoms with van der Waals surface area (Å²) in [6.45, 7) is 5.35. The molecule has 1 heterocycles. The summed E-state index contributed by atoms with van der Waals surface area (Å²) in [7, 11) is 0. The molecule has 0 amide bonds. The number of ketones is 1. The van der Waals surface area contributed by atoms with Gasteiger partial charge in [0.1, 0.15) is 11.7 Å². The number of hydrogen-bond donors (Lipinski definition) is 2. The second kappa shape index (κ2) is 5.95. The standard InChI is InChI=1S/C11H18N2O3S/c1-4-16-10(15)9(7(3)14)8-5-6(2)12-11(17)13-8/h6,8-9H,4-5H2,1-3H3,(H2,12,13,17)/t6-,8-,9+/m0/s1. The first kappa shape index (κ1) is 13.9. The molecule has 1 fully saturated rings. The molecule has 0 spiro atoms. The van der Waals surface area contributed by atoms with E-state index in [4.69, 9.17) is 17.0 Å². The summed E-state index contributed by atoms with van der Waals surface area (Å²) in [5, 5.41) is 6.47. The minimum atomic E-state index is -0.780. The number of esters is 1. The molecule has 0 aromatic heterocycles. The summed E-state index contributed by atoms with van der Waals surface area (Å²) >= 11 is 5.03. The number of Topliss-reactive ketones (excluding diaryl/α,β-unsaturated/α-hetero) is 1. The van der Waals surface area contributed by atoms with Gasteiger partial charge < -0.3 is 15.4 Å². The van der Waals surface area contributed by atoms with Gasteiger partial charge in [-0.15, -0.1) is 0 Å². The molecule has 1 saturated heterocycles. The zero-order chi connectivity index (χ0) is 13.0. The molecule has 0 bridgehead atoms. The van der Waals surface area contributed by atoms with Crippen molar-refractivity contribution < 1.29 is 14.3 Å². The zero-order valence-corrected chi connectivity index (χ0v) is 11.1. The molecular weight excluding hydrogens is 240 g/mol. The molecule has 1 aliphatic rings. The summed E-state index contributed by atoms with van der Waals surface area (Å²) in [5.41, 5.74) is 0. The Balaban J connectivity index is 2.79. The molecule has 0 aliphatic carbocycles. The van der Waals surface area contributed by atoms with Crippen LogP contribution in [0.2, 0.25) is 0 Å². The second-order valence-corrected chi connectivity index (χ2v) is 4.61. The Morgan fingerprint density at radius 3 is 2.65 bits per heavy atom. The van der Waals surface area contributed by atoms with Crippen LogP contribution in [0.4, 0.5) is 0 Å². The van der Waals surface area contributed by atoms with E-state index in [1.165, 1.54) is 6.92 Å². The molecule has 0 unspecified atom stereocenters. The van der Waals surface area contributed by atoms with Crippen LogP contribution in [-0.2, 0) is 14.3 Å². The maximum Gasteiger partial charge on any atom is 0.318 e. The van der Waals surface area contributed by atoms with E-state index in [1.807, 2.05) is 6.92 Å². The molecule has 2 N–H and O–H groups in total. The maximum absolute atomic E-state index is 11.8. The number of nitrogens with one attached hydrogen (secondary N) is 2. The first-order valence-corrected chi connectivity index (χ1v) is 6.10. The molecule has 96 valence electrons. The Morgan fingerprint density at radius 1 is 1.53 bits per heavy atom. The van der Waals surface area contributed by atoms with Gasteiger partial charge in [-0.05, 0) is 39.4 Å². The molecule has 0 radical (unpaired) electrons. The van der Waals surface area contributed by atoms with Crippen molar-refractivity contribution in [2.45, 2.75) is 39.3 Å². The van der Waals surface area contributed by atoms with E-state index in [-0.39, 0.29) is 24.5 Å². The first-order chi connectivity index (χ1) is 7.95. The summed E-state index contributed by atoms with van der Waals surface area (Å²) in [5.74, 6) is -1.45. The molecule has 17 heavy (non-hydrogen) atoms. The fourth-order valence-corrected chi connectivity index (χ4v) is 2.35. The Labute approximate surface area is 106 Å². The van der Waals surface area contributed by atoms with Gasteiger partial charge in [0.2, 0.25) is 0 Å². The molecule has 0 aromatic carbocycles. The lowest BCUT2D eigenvalue weighted by Gasteiger charge is -2.34. The highest BCUT2D eigenvalue weighted by Gasteiger charge is 2.37. The number of carbonyl (C=O) groups is 2. The lowest BCUT2D eigenvalue weighted by atomic mass is 9.90. The average Bonchev–Trinajstić information content (AvgIpc) is 2.15. The highest BCUT2D eigenvalue weighted by Crippen LogP contribution is 2.16. The molecule has 1 rings (SSSR count). The van der Waals surface area contributed by atoms with Gasteiger partial charge in [0.25, 0.3) is 0 Å². The van der Waals surface area contributed by atoms with Crippen LogP contribution in [0, 0.1) is 5.92 Å². The number of ether oxygens (including phenoxy) is 1. The third-order valence-electron chi connectivity index (χ3n) is 2.68. The topological polar surface area (TPSA) is 67.4 Å². The van der Waals surface area contributed by atoms with E-state index in [9.17, 15) is 9.59 Å². The van der Waals surface area contributed by atoms with E-state index >= 15 is 0 Å². The highest BCUT2D eigenvalue weighted by molar-refractivity contribution is 7.80. The van der Waals surface area contributed by atoms with E-state index in [0.29, 0.717) is 11.5 Å². The Bertz CT molecular complexity index is 333. The van der Waals surface area contributed by atoms with Crippen molar-refractivity contribution in [3.8, 4) is 0 Å². The quantitative estimate of drug-likeness (QED) is 0.432. The predicted octanol–water partition coefficient (Wildman–Crippen LogP) is 0.380. The van der Waals surface area contributed by atoms with Gasteiger partial charge >= 0.3 is 5.97 Å². The van der Waals surface area contributed by atoms with Crippen LogP contribution in [0.15, 0.2) is 0 Å².